The lowest BCUT2D eigenvalue weighted by Gasteiger charge is -2.40. The van der Waals surface area contributed by atoms with Gasteiger partial charge in [0.1, 0.15) is 18.0 Å². The molecule has 0 spiro atoms. The first-order valence-corrected chi connectivity index (χ1v) is 7.38. The first-order chi connectivity index (χ1) is 7.70. The van der Waals surface area contributed by atoms with Crippen molar-refractivity contribution in [3.8, 4) is 5.75 Å². The van der Waals surface area contributed by atoms with Gasteiger partial charge in [0.2, 0.25) is 0 Å². The van der Waals surface area contributed by atoms with E-state index >= 15 is 0 Å². The van der Waals surface area contributed by atoms with Crippen LogP contribution in [0.4, 0.5) is 0 Å². The van der Waals surface area contributed by atoms with Crippen LogP contribution >= 0.6 is 38.5 Å². The van der Waals surface area contributed by atoms with Gasteiger partial charge in [-0.1, -0.05) is 22.0 Å². The van der Waals surface area contributed by atoms with Crippen molar-refractivity contribution < 1.29 is 9.47 Å². The monoisotopic (exact) mass is 396 g/mol. The molecule has 88 valence electrons. The van der Waals surface area contributed by atoms with Crippen molar-refractivity contribution in [2.24, 2.45) is 0 Å². The standard InChI is InChI=1S/C12H14BrIO2/c1-2-15-12-10(13)7-11(12)16-9-5-3-4-8(14)6-9/h3-6,10-12H,2,7H2,1H3. The highest BCUT2D eigenvalue weighted by molar-refractivity contribution is 14.1. The third kappa shape index (κ3) is 2.90. The molecule has 1 saturated carbocycles. The molecule has 3 unspecified atom stereocenters. The fourth-order valence-electron chi connectivity index (χ4n) is 1.76. The average Bonchev–Trinajstić information content (AvgIpc) is 2.26. The highest BCUT2D eigenvalue weighted by Gasteiger charge is 2.42. The Balaban J connectivity index is 1.95. The van der Waals surface area contributed by atoms with Gasteiger partial charge in [-0.25, -0.2) is 0 Å². The fourth-order valence-corrected chi connectivity index (χ4v) is 3.14. The minimum Gasteiger partial charge on any atom is -0.488 e. The third-order valence-corrected chi connectivity index (χ3v) is 4.19. The topological polar surface area (TPSA) is 18.5 Å². The normalized spacial score (nSPS) is 28.6. The van der Waals surface area contributed by atoms with Gasteiger partial charge in [-0.15, -0.1) is 0 Å². The van der Waals surface area contributed by atoms with Gasteiger partial charge in [-0.05, 0) is 47.7 Å². The van der Waals surface area contributed by atoms with Crippen LogP contribution in [0.3, 0.4) is 0 Å². The van der Waals surface area contributed by atoms with Crippen LogP contribution in [0.1, 0.15) is 13.3 Å². The summed E-state index contributed by atoms with van der Waals surface area (Å²) in [7, 11) is 0. The summed E-state index contributed by atoms with van der Waals surface area (Å²) in [5, 5.41) is 0. The maximum Gasteiger partial charge on any atom is 0.127 e. The number of ether oxygens (including phenoxy) is 2. The Morgan fingerprint density at radius 2 is 2.31 bits per heavy atom. The molecule has 1 aliphatic carbocycles. The number of alkyl halides is 1. The number of halogens is 2. The maximum absolute atomic E-state index is 5.91. The zero-order valence-electron chi connectivity index (χ0n) is 9.03. The molecule has 4 heteroatoms. The van der Waals surface area contributed by atoms with E-state index in [0.717, 1.165) is 18.8 Å². The molecular weight excluding hydrogens is 383 g/mol. The predicted octanol–water partition coefficient (Wildman–Crippen LogP) is 3.61. The number of benzene rings is 1. The summed E-state index contributed by atoms with van der Waals surface area (Å²) in [6.45, 7) is 2.75. The van der Waals surface area contributed by atoms with E-state index in [0.29, 0.717) is 4.83 Å². The lowest BCUT2D eigenvalue weighted by atomic mass is 9.91. The SMILES string of the molecule is CCOC1C(Br)CC1Oc1cccc(I)c1. The van der Waals surface area contributed by atoms with Gasteiger partial charge in [0.05, 0.1) is 0 Å². The van der Waals surface area contributed by atoms with Crippen molar-refractivity contribution in [2.45, 2.75) is 30.4 Å². The molecule has 2 rings (SSSR count). The molecule has 0 amide bonds. The second-order valence-corrected chi connectivity index (χ2v) is 6.21. The number of hydrogen-bond donors (Lipinski definition) is 0. The van der Waals surface area contributed by atoms with Gasteiger partial charge in [0.15, 0.2) is 0 Å². The van der Waals surface area contributed by atoms with E-state index < -0.39 is 0 Å². The summed E-state index contributed by atoms with van der Waals surface area (Å²) >= 11 is 5.88. The van der Waals surface area contributed by atoms with Gasteiger partial charge >= 0.3 is 0 Å². The molecule has 2 nitrogen and oxygen atoms in total. The van der Waals surface area contributed by atoms with Crippen LogP contribution in [0, 0.1) is 3.57 Å². The summed E-state index contributed by atoms with van der Waals surface area (Å²) in [5.74, 6) is 0.931. The highest BCUT2D eigenvalue weighted by Crippen LogP contribution is 2.34. The Bertz CT molecular complexity index is 359. The molecule has 0 saturated heterocycles. The van der Waals surface area contributed by atoms with Crippen LogP contribution in [0.2, 0.25) is 0 Å². The van der Waals surface area contributed by atoms with E-state index in [1.165, 1.54) is 3.57 Å². The summed E-state index contributed by atoms with van der Waals surface area (Å²) in [6.07, 6.45) is 1.38. The van der Waals surface area contributed by atoms with Crippen LogP contribution in [-0.4, -0.2) is 23.6 Å². The second kappa shape index (κ2) is 5.69. The first kappa shape index (κ1) is 12.6. The fraction of sp³-hybridized carbons (Fsp3) is 0.500. The Morgan fingerprint density at radius 1 is 1.50 bits per heavy atom. The summed E-state index contributed by atoms with van der Waals surface area (Å²) in [4.78, 5) is 0.431. The van der Waals surface area contributed by atoms with Crippen molar-refractivity contribution >= 4 is 38.5 Å². The molecule has 1 aromatic carbocycles. The molecule has 0 bridgehead atoms. The van der Waals surface area contributed by atoms with Gasteiger partial charge in [-0.3, -0.25) is 0 Å². The smallest absolute Gasteiger partial charge is 0.127 e. The van der Waals surface area contributed by atoms with E-state index in [4.69, 9.17) is 9.47 Å². The van der Waals surface area contributed by atoms with E-state index in [1.54, 1.807) is 0 Å². The third-order valence-electron chi connectivity index (χ3n) is 2.62. The van der Waals surface area contributed by atoms with Crippen LogP contribution < -0.4 is 4.74 Å². The molecular formula is C12H14BrIO2. The number of hydrogen-bond acceptors (Lipinski definition) is 2. The van der Waals surface area contributed by atoms with Crippen molar-refractivity contribution in [3.05, 3.63) is 27.8 Å². The van der Waals surface area contributed by atoms with Crippen molar-refractivity contribution in [1.29, 1.82) is 0 Å². The number of rotatable bonds is 4. The Kier molecular flexibility index (Phi) is 4.49. The Morgan fingerprint density at radius 3 is 2.94 bits per heavy atom. The van der Waals surface area contributed by atoms with Crippen LogP contribution in [0.25, 0.3) is 0 Å². The molecule has 1 fully saturated rings. The Labute approximate surface area is 118 Å². The molecule has 0 aliphatic heterocycles. The molecule has 1 aromatic rings. The molecule has 0 heterocycles. The lowest BCUT2D eigenvalue weighted by molar-refractivity contribution is -0.0723. The van der Waals surface area contributed by atoms with Gasteiger partial charge < -0.3 is 9.47 Å². The lowest BCUT2D eigenvalue weighted by Crippen LogP contribution is -2.52. The molecule has 3 atom stereocenters. The van der Waals surface area contributed by atoms with Crippen LogP contribution in [-0.2, 0) is 4.74 Å². The Hall–Kier alpha value is 0.190. The first-order valence-electron chi connectivity index (χ1n) is 5.38. The molecule has 0 N–H and O–H groups in total. The largest absolute Gasteiger partial charge is 0.488 e. The quantitative estimate of drug-likeness (QED) is 0.571. The van der Waals surface area contributed by atoms with E-state index in [-0.39, 0.29) is 12.2 Å². The predicted molar refractivity (Wildman–Crippen MR) is 76.3 cm³/mol. The van der Waals surface area contributed by atoms with E-state index in [1.807, 2.05) is 25.1 Å². The van der Waals surface area contributed by atoms with E-state index in [2.05, 4.69) is 44.6 Å². The van der Waals surface area contributed by atoms with Crippen molar-refractivity contribution in [3.63, 3.8) is 0 Å². The van der Waals surface area contributed by atoms with Crippen LogP contribution in [0.15, 0.2) is 24.3 Å². The molecule has 0 aromatic heterocycles. The van der Waals surface area contributed by atoms with Crippen molar-refractivity contribution in [1.82, 2.24) is 0 Å². The molecule has 16 heavy (non-hydrogen) atoms. The minimum atomic E-state index is 0.183. The zero-order chi connectivity index (χ0) is 11.5. The zero-order valence-corrected chi connectivity index (χ0v) is 12.8. The summed E-state index contributed by atoms with van der Waals surface area (Å²) < 4.78 is 12.7. The van der Waals surface area contributed by atoms with Crippen molar-refractivity contribution in [2.75, 3.05) is 6.61 Å². The van der Waals surface area contributed by atoms with Crippen LogP contribution in [0.5, 0.6) is 5.75 Å². The highest BCUT2D eigenvalue weighted by atomic mass is 127. The second-order valence-electron chi connectivity index (χ2n) is 3.79. The van der Waals surface area contributed by atoms with Gasteiger partial charge in [-0.2, -0.15) is 0 Å². The molecule has 1 aliphatic rings. The summed E-state index contributed by atoms with van der Waals surface area (Å²) in [5.41, 5.74) is 0. The average molecular weight is 397 g/mol. The maximum atomic E-state index is 5.91. The van der Waals surface area contributed by atoms with Gasteiger partial charge in [0.25, 0.3) is 0 Å². The summed E-state index contributed by atoms with van der Waals surface area (Å²) in [6, 6.07) is 8.11. The van der Waals surface area contributed by atoms with Gasteiger partial charge in [0, 0.05) is 21.4 Å². The minimum absolute atomic E-state index is 0.183. The van der Waals surface area contributed by atoms with E-state index in [9.17, 15) is 0 Å². The molecule has 0 radical (unpaired) electrons.